The highest BCUT2D eigenvalue weighted by molar-refractivity contribution is 7.99. The van der Waals surface area contributed by atoms with Crippen LogP contribution < -0.4 is 21.3 Å². The average molecular weight is 688 g/mol. The van der Waals surface area contributed by atoms with E-state index in [1.807, 2.05) is 23.5 Å². The molecule has 0 unspecified atom stereocenters. The Morgan fingerprint density at radius 3 is 1.04 bits per heavy atom. The standard InChI is InChI=1S/C37H77N5O2S2/c1-4-6-8-10-12-14-16-18-20-32-45-34-24-28-40-36(43)38-26-22-30-42(3)31-23-27-39-37(44)41-29-25-35-46-33-21-19-17-15-13-11-9-7-5-2/h4-35H2,1-3H3,(H2,38,40,43)(H2,39,41,44). The first-order chi connectivity index (χ1) is 22.6. The second-order valence-corrected chi connectivity index (χ2v) is 15.4. The summed E-state index contributed by atoms with van der Waals surface area (Å²) in [5.74, 6) is 4.74. The molecule has 0 aliphatic rings. The van der Waals surface area contributed by atoms with Crippen LogP contribution in [0.15, 0.2) is 0 Å². The van der Waals surface area contributed by atoms with E-state index in [0.29, 0.717) is 13.1 Å². The number of unbranched alkanes of at least 4 members (excludes halogenated alkanes) is 16. The molecule has 274 valence electrons. The predicted octanol–water partition coefficient (Wildman–Crippen LogP) is 9.60. The Morgan fingerprint density at radius 2 is 0.696 bits per heavy atom. The van der Waals surface area contributed by atoms with E-state index in [2.05, 4.69) is 47.1 Å². The first kappa shape index (κ1) is 45.2. The van der Waals surface area contributed by atoms with Crippen LogP contribution in [0.1, 0.15) is 155 Å². The van der Waals surface area contributed by atoms with Crippen LogP contribution in [-0.2, 0) is 0 Å². The number of nitrogens with one attached hydrogen (secondary N) is 4. The molecule has 0 aliphatic carbocycles. The highest BCUT2D eigenvalue weighted by Crippen LogP contribution is 2.13. The Balaban J connectivity index is 3.35. The molecule has 0 heterocycles. The molecular weight excluding hydrogens is 611 g/mol. The van der Waals surface area contributed by atoms with Crippen molar-refractivity contribution in [2.75, 3.05) is 69.3 Å². The molecular formula is C37H77N5O2S2. The first-order valence-corrected chi connectivity index (χ1v) is 21.8. The topological polar surface area (TPSA) is 85.5 Å². The molecule has 0 atom stereocenters. The van der Waals surface area contributed by atoms with Gasteiger partial charge in [0.05, 0.1) is 0 Å². The fourth-order valence-electron chi connectivity index (χ4n) is 5.32. The Hall–Kier alpha value is -0.800. The summed E-state index contributed by atoms with van der Waals surface area (Å²) >= 11 is 4.04. The quantitative estimate of drug-likeness (QED) is 0.0493. The third kappa shape index (κ3) is 37.7. The average Bonchev–Trinajstić information content (AvgIpc) is 3.05. The van der Waals surface area contributed by atoms with E-state index < -0.39 is 0 Å². The Morgan fingerprint density at radius 1 is 0.413 bits per heavy atom. The molecule has 7 nitrogen and oxygen atoms in total. The van der Waals surface area contributed by atoms with Crippen molar-refractivity contribution in [3.8, 4) is 0 Å². The highest BCUT2D eigenvalue weighted by Gasteiger charge is 2.03. The van der Waals surface area contributed by atoms with E-state index in [1.54, 1.807) is 0 Å². The van der Waals surface area contributed by atoms with Crippen LogP contribution in [0.25, 0.3) is 0 Å². The van der Waals surface area contributed by atoms with Crippen LogP contribution in [0.2, 0.25) is 0 Å². The van der Waals surface area contributed by atoms with Crippen molar-refractivity contribution < 1.29 is 9.59 Å². The Kier molecular flexibility index (Phi) is 38.0. The summed E-state index contributed by atoms with van der Waals surface area (Å²) in [6.45, 7) is 9.26. The predicted molar refractivity (Wildman–Crippen MR) is 208 cm³/mol. The maximum Gasteiger partial charge on any atom is 0.314 e. The van der Waals surface area contributed by atoms with Crippen molar-refractivity contribution in [2.24, 2.45) is 0 Å². The molecule has 0 spiro atoms. The maximum absolute atomic E-state index is 12.0. The van der Waals surface area contributed by atoms with Gasteiger partial charge in [-0.15, -0.1) is 0 Å². The van der Waals surface area contributed by atoms with Gasteiger partial charge >= 0.3 is 12.1 Å². The van der Waals surface area contributed by atoms with Gasteiger partial charge in [-0.2, -0.15) is 23.5 Å². The monoisotopic (exact) mass is 688 g/mol. The van der Waals surface area contributed by atoms with E-state index >= 15 is 0 Å². The number of carbonyl (C=O) groups excluding carboxylic acids is 2. The van der Waals surface area contributed by atoms with Crippen molar-refractivity contribution in [1.29, 1.82) is 0 Å². The van der Waals surface area contributed by atoms with Crippen LogP contribution in [0.5, 0.6) is 0 Å². The van der Waals surface area contributed by atoms with E-state index in [-0.39, 0.29) is 12.1 Å². The summed E-state index contributed by atoms with van der Waals surface area (Å²) in [6.07, 6.45) is 28.8. The Bertz CT molecular complexity index is 593. The Labute approximate surface area is 294 Å². The van der Waals surface area contributed by atoms with Crippen molar-refractivity contribution in [2.45, 2.75) is 155 Å². The summed E-state index contributed by atoms with van der Waals surface area (Å²) in [5, 5.41) is 11.9. The van der Waals surface area contributed by atoms with Crippen molar-refractivity contribution >= 4 is 35.6 Å². The molecule has 0 bridgehead atoms. The number of amides is 4. The van der Waals surface area contributed by atoms with Crippen molar-refractivity contribution in [1.82, 2.24) is 26.2 Å². The molecule has 0 radical (unpaired) electrons. The van der Waals surface area contributed by atoms with Crippen LogP contribution in [0.4, 0.5) is 9.59 Å². The lowest BCUT2D eigenvalue weighted by Crippen LogP contribution is -2.38. The third-order valence-corrected chi connectivity index (χ3v) is 10.6. The number of thioether (sulfide) groups is 2. The zero-order chi connectivity index (χ0) is 33.6. The lowest BCUT2D eigenvalue weighted by Gasteiger charge is -2.17. The molecule has 4 amide bonds. The number of carbonyl (C=O) groups is 2. The van der Waals surface area contributed by atoms with Crippen LogP contribution >= 0.6 is 23.5 Å². The smallest absolute Gasteiger partial charge is 0.314 e. The van der Waals surface area contributed by atoms with Gasteiger partial charge in [0, 0.05) is 26.2 Å². The maximum atomic E-state index is 12.0. The fraction of sp³-hybridized carbons (Fsp3) is 0.946. The lowest BCUT2D eigenvalue weighted by molar-refractivity contribution is 0.239. The molecule has 4 N–H and O–H groups in total. The van der Waals surface area contributed by atoms with E-state index in [4.69, 9.17) is 0 Å². The number of hydrogen-bond donors (Lipinski definition) is 4. The van der Waals surface area contributed by atoms with Gasteiger partial charge in [-0.05, 0) is 81.7 Å². The first-order valence-electron chi connectivity index (χ1n) is 19.5. The van der Waals surface area contributed by atoms with Crippen molar-refractivity contribution in [3.05, 3.63) is 0 Å². The van der Waals surface area contributed by atoms with Crippen molar-refractivity contribution in [3.63, 3.8) is 0 Å². The molecule has 0 aromatic rings. The summed E-state index contributed by atoms with van der Waals surface area (Å²) in [4.78, 5) is 26.3. The van der Waals surface area contributed by atoms with E-state index in [0.717, 1.165) is 63.4 Å². The normalized spacial score (nSPS) is 11.2. The summed E-state index contributed by atoms with van der Waals surface area (Å²) < 4.78 is 0. The SMILES string of the molecule is CCCCCCCCCCCSCCCNC(=O)NCCCN(C)CCCNC(=O)NCCCSCCCCCCCCCCC. The zero-order valence-electron chi connectivity index (χ0n) is 30.7. The largest absolute Gasteiger partial charge is 0.338 e. The second-order valence-electron chi connectivity index (χ2n) is 13.0. The molecule has 0 fully saturated rings. The fourth-order valence-corrected chi connectivity index (χ4v) is 7.25. The lowest BCUT2D eigenvalue weighted by atomic mass is 10.1. The minimum atomic E-state index is -0.0563. The number of hydrogen-bond acceptors (Lipinski definition) is 5. The number of urea groups is 2. The van der Waals surface area contributed by atoms with Gasteiger partial charge in [0.2, 0.25) is 0 Å². The zero-order valence-corrected chi connectivity index (χ0v) is 32.3. The van der Waals surface area contributed by atoms with Gasteiger partial charge in [0.25, 0.3) is 0 Å². The molecule has 0 aromatic heterocycles. The van der Waals surface area contributed by atoms with Gasteiger partial charge < -0.3 is 26.2 Å². The van der Waals surface area contributed by atoms with E-state index in [1.165, 1.54) is 127 Å². The second kappa shape index (κ2) is 38.6. The molecule has 0 saturated carbocycles. The van der Waals surface area contributed by atoms with Gasteiger partial charge in [-0.25, -0.2) is 9.59 Å². The van der Waals surface area contributed by atoms with Gasteiger partial charge in [-0.1, -0.05) is 117 Å². The molecule has 0 aromatic carbocycles. The molecule has 46 heavy (non-hydrogen) atoms. The minimum absolute atomic E-state index is 0.0563. The van der Waals surface area contributed by atoms with E-state index in [9.17, 15) is 9.59 Å². The summed E-state index contributed by atoms with van der Waals surface area (Å²) in [6, 6.07) is -0.113. The van der Waals surface area contributed by atoms with Gasteiger partial charge in [0.15, 0.2) is 0 Å². The summed E-state index contributed by atoms with van der Waals surface area (Å²) in [5.41, 5.74) is 0. The van der Waals surface area contributed by atoms with Crippen LogP contribution in [0.3, 0.4) is 0 Å². The van der Waals surface area contributed by atoms with Gasteiger partial charge in [0.1, 0.15) is 0 Å². The molecule has 0 saturated heterocycles. The molecule has 9 heteroatoms. The third-order valence-electron chi connectivity index (χ3n) is 8.29. The van der Waals surface area contributed by atoms with Crippen LogP contribution in [0, 0.1) is 0 Å². The van der Waals surface area contributed by atoms with Crippen LogP contribution in [-0.4, -0.2) is 86.3 Å². The number of rotatable bonds is 36. The number of nitrogens with zero attached hydrogens (tertiary/aromatic N) is 1. The molecule has 0 aliphatic heterocycles. The minimum Gasteiger partial charge on any atom is -0.338 e. The molecule has 0 rings (SSSR count). The summed E-state index contributed by atoms with van der Waals surface area (Å²) in [7, 11) is 2.10. The highest BCUT2D eigenvalue weighted by atomic mass is 32.2. The van der Waals surface area contributed by atoms with Gasteiger partial charge in [-0.3, -0.25) is 0 Å².